The summed E-state index contributed by atoms with van der Waals surface area (Å²) >= 11 is 0. The Balaban J connectivity index is 2.26. The molecule has 5 N–H and O–H groups in total. The average molecular weight is 351 g/mol. The lowest BCUT2D eigenvalue weighted by molar-refractivity contribution is -0.139. The predicted octanol–water partition coefficient (Wildman–Crippen LogP) is -0.963. The van der Waals surface area contributed by atoms with Gasteiger partial charge in [-0.05, 0) is 25.7 Å². The molecular weight excluding hydrogens is 326 g/mol. The zero-order chi connectivity index (χ0) is 17.5. The van der Waals surface area contributed by atoms with Crippen LogP contribution in [0.1, 0.15) is 32.1 Å². The third kappa shape index (κ3) is 7.25. The van der Waals surface area contributed by atoms with Gasteiger partial charge in [-0.2, -0.15) is 0 Å². The Morgan fingerprint density at radius 3 is 2.35 bits per heavy atom. The van der Waals surface area contributed by atoms with E-state index >= 15 is 0 Å². The fourth-order valence-corrected chi connectivity index (χ4v) is 4.01. The SMILES string of the molecule is N[C@H](CCCCNS(=O)(=O)C1CCN(CC(=O)O)CC1)C(=O)O. The molecule has 0 unspecified atom stereocenters. The number of nitrogens with one attached hydrogen (secondary N) is 1. The van der Waals surface area contributed by atoms with Crippen molar-refractivity contribution < 1.29 is 28.2 Å². The number of unbranched alkanes of at least 4 members (excludes halogenated alkanes) is 1. The van der Waals surface area contributed by atoms with Crippen LogP contribution in [0.25, 0.3) is 0 Å². The van der Waals surface area contributed by atoms with Crippen LogP contribution < -0.4 is 10.5 Å². The smallest absolute Gasteiger partial charge is 0.320 e. The van der Waals surface area contributed by atoms with Gasteiger partial charge in [0.1, 0.15) is 6.04 Å². The number of nitrogens with two attached hydrogens (primary N) is 1. The van der Waals surface area contributed by atoms with Crippen LogP contribution >= 0.6 is 0 Å². The topological polar surface area (TPSA) is 150 Å². The van der Waals surface area contributed by atoms with E-state index in [1.807, 2.05) is 0 Å². The number of piperidine rings is 1. The van der Waals surface area contributed by atoms with Gasteiger partial charge < -0.3 is 15.9 Å². The van der Waals surface area contributed by atoms with Gasteiger partial charge in [0.2, 0.25) is 10.0 Å². The van der Waals surface area contributed by atoms with Gasteiger partial charge in [-0.15, -0.1) is 0 Å². The highest BCUT2D eigenvalue weighted by Crippen LogP contribution is 2.17. The summed E-state index contributed by atoms with van der Waals surface area (Å²) in [5.41, 5.74) is 5.36. The Morgan fingerprint density at radius 2 is 1.83 bits per heavy atom. The first-order valence-electron chi connectivity index (χ1n) is 7.63. The highest BCUT2D eigenvalue weighted by molar-refractivity contribution is 7.90. The molecule has 1 rings (SSSR count). The quantitative estimate of drug-likeness (QED) is 0.367. The number of aliphatic carboxylic acids is 2. The van der Waals surface area contributed by atoms with Crippen LogP contribution in [-0.2, 0) is 19.6 Å². The van der Waals surface area contributed by atoms with Gasteiger partial charge in [0.05, 0.1) is 11.8 Å². The van der Waals surface area contributed by atoms with Crippen LogP contribution in [0.5, 0.6) is 0 Å². The molecule has 10 heteroatoms. The second-order valence-electron chi connectivity index (χ2n) is 5.75. The Kier molecular flexibility index (Phi) is 7.89. The zero-order valence-corrected chi connectivity index (χ0v) is 13.8. The summed E-state index contributed by atoms with van der Waals surface area (Å²) in [6, 6.07) is -0.912. The molecule has 1 heterocycles. The van der Waals surface area contributed by atoms with Crippen molar-refractivity contribution in [2.75, 3.05) is 26.2 Å². The van der Waals surface area contributed by atoms with E-state index in [2.05, 4.69) is 4.72 Å². The second-order valence-corrected chi connectivity index (χ2v) is 7.79. The largest absolute Gasteiger partial charge is 0.480 e. The van der Waals surface area contributed by atoms with Crippen molar-refractivity contribution in [1.29, 1.82) is 0 Å². The van der Waals surface area contributed by atoms with E-state index in [-0.39, 0.29) is 13.1 Å². The summed E-state index contributed by atoms with van der Waals surface area (Å²) in [7, 11) is -3.42. The van der Waals surface area contributed by atoms with E-state index < -0.39 is 33.3 Å². The number of carbonyl (C=O) groups is 2. The van der Waals surface area contributed by atoms with Gasteiger partial charge in [0.15, 0.2) is 0 Å². The van der Waals surface area contributed by atoms with Crippen molar-refractivity contribution in [2.24, 2.45) is 5.73 Å². The summed E-state index contributed by atoms with van der Waals surface area (Å²) in [5.74, 6) is -1.97. The first kappa shape index (κ1) is 19.8. The Labute approximate surface area is 135 Å². The molecule has 1 aliphatic heterocycles. The Morgan fingerprint density at radius 1 is 1.22 bits per heavy atom. The van der Waals surface area contributed by atoms with Crippen molar-refractivity contribution in [1.82, 2.24) is 9.62 Å². The summed E-state index contributed by atoms with van der Waals surface area (Å²) in [4.78, 5) is 22.9. The Bertz CT molecular complexity index is 502. The minimum Gasteiger partial charge on any atom is -0.480 e. The van der Waals surface area contributed by atoms with E-state index in [0.29, 0.717) is 45.2 Å². The number of hydrogen-bond donors (Lipinski definition) is 4. The van der Waals surface area contributed by atoms with E-state index in [1.165, 1.54) is 0 Å². The molecule has 23 heavy (non-hydrogen) atoms. The number of hydrogen-bond acceptors (Lipinski definition) is 6. The lowest BCUT2D eigenvalue weighted by atomic mass is 10.1. The maximum atomic E-state index is 12.2. The van der Waals surface area contributed by atoms with Crippen molar-refractivity contribution in [3.63, 3.8) is 0 Å². The molecule has 0 radical (unpaired) electrons. The third-order valence-corrected chi connectivity index (χ3v) is 5.85. The van der Waals surface area contributed by atoms with E-state index in [1.54, 1.807) is 4.90 Å². The lowest BCUT2D eigenvalue weighted by Gasteiger charge is -2.30. The minimum atomic E-state index is -3.42. The van der Waals surface area contributed by atoms with Crippen LogP contribution in [0.2, 0.25) is 0 Å². The van der Waals surface area contributed by atoms with E-state index in [0.717, 1.165) is 0 Å². The molecule has 134 valence electrons. The van der Waals surface area contributed by atoms with Gasteiger partial charge in [0.25, 0.3) is 0 Å². The zero-order valence-electron chi connectivity index (χ0n) is 13.0. The standard InChI is InChI=1S/C13H25N3O6S/c14-11(13(19)20)3-1-2-6-15-23(21,22)10-4-7-16(8-5-10)9-12(17)18/h10-11,15H,1-9,14H2,(H,17,18)(H,19,20)/t11-/m1/s1. The average Bonchev–Trinajstić information content (AvgIpc) is 2.46. The van der Waals surface area contributed by atoms with Gasteiger partial charge in [-0.25, -0.2) is 13.1 Å². The number of nitrogens with zero attached hydrogens (tertiary/aromatic N) is 1. The number of likely N-dealkylation sites (tertiary alicyclic amines) is 1. The molecule has 1 aliphatic rings. The van der Waals surface area contributed by atoms with Crippen LogP contribution in [-0.4, -0.2) is 72.9 Å². The fourth-order valence-electron chi connectivity index (χ4n) is 2.51. The summed E-state index contributed by atoms with van der Waals surface area (Å²) in [6.45, 7) is 1.09. The van der Waals surface area contributed by atoms with E-state index in [4.69, 9.17) is 15.9 Å². The third-order valence-electron chi connectivity index (χ3n) is 3.89. The van der Waals surface area contributed by atoms with Crippen LogP contribution in [0.4, 0.5) is 0 Å². The van der Waals surface area contributed by atoms with Crippen LogP contribution in [0.15, 0.2) is 0 Å². The van der Waals surface area contributed by atoms with Crippen molar-refractivity contribution in [3.05, 3.63) is 0 Å². The van der Waals surface area contributed by atoms with Gasteiger partial charge in [0, 0.05) is 19.6 Å². The number of sulfonamides is 1. The summed E-state index contributed by atoms with van der Waals surface area (Å²) < 4.78 is 26.8. The van der Waals surface area contributed by atoms with Crippen LogP contribution in [0.3, 0.4) is 0 Å². The molecule has 0 spiro atoms. The number of carboxylic acid groups (broad SMARTS) is 2. The maximum absolute atomic E-state index is 12.2. The molecule has 1 atom stereocenters. The number of rotatable bonds is 10. The molecule has 0 aromatic heterocycles. The summed E-state index contributed by atoms with van der Waals surface area (Å²) in [5, 5.41) is 16.8. The monoisotopic (exact) mass is 351 g/mol. The Hall–Kier alpha value is -1.23. The molecule has 0 aliphatic carbocycles. The molecule has 0 bridgehead atoms. The first-order chi connectivity index (χ1) is 10.7. The van der Waals surface area contributed by atoms with Crippen molar-refractivity contribution >= 4 is 22.0 Å². The van der Waals surface area contributed by atoms with E-state index in [9.17, 15) is 18.0 Å². The summed E-state index contributed by atoms with van der Waals surface area (Å²) in [6.07, 6.45) is 2.19. The van der Waals surface area contributed by atoms with Crippen LogP contribution in [0, 0.1) is 0 Å². The maximum Gasteiger partial charge on any atom is 0.320 e. The highest BCUT2D eigenvalue weighted by atomic mass is 32.2. The van der Waals surface area contributed by atoms with Gasteiger partial charge >= 0.3 is 11.9 Å². The fraction of sp³-hybridized carbons (Fsp3) is 0.846. The lowest BCUT2D eigenvalue weighted by Crippen LogP contribution is -2.45. The van der Waals surface area contributed by atoms with Gasteiger partial charge in [-0.3, -0.25) is 14.5 Å². The molecule has 0 aromatic carbocycles. The highest BCUT2D eigenvalue weighted by Gasteiger charge is 2.30. The molecule has 0 amide bonds. The predicted molar refractivity (Wildman–Crippen MR) is 83.5 cm³/mol. The van der Waals surface area contributed by atoms with Gasteiger partial charge in [-0.1, -0.05) is 6.42 Å². The number of carboxylic acids is 2. The second kappa shape index (κ2) is 9.16. The molecule has 0 aromatic rings. The molecular formula is C13H25N3O6S. The molecule has 9 nitrogen and oxygen atoms in total. The van der Waals surface area contributed by atoms with Crippen molar-refractivity contribution in [2.45, 2.75) is 43.4 Å². The molecule has 0 saturated carbocycles. The molecule has 1 saturated heterocycles. The van der Waals surface area contributed by atoms with Crippen molar-refractivity contribution in [3.8, 4) is 0 Å². The minimum absolute atomic E-state index is 0.0654. The first-order valence-corrected chi connectivity index (χ1v) is 9.18. The normalized spacial score (nSPS) is 18.7. The molecule has 1 fully saturated rings.